The van der Waals surface area contributed by atoms with Crippen LogP contribution in [-0.2, 0) is 18.3 Å². The van der Waals surface area contributed by atoms with Gasteiger partial charge in [0.2, 0.25) is 0 Å². The zero-order valence-electron chi connectivity index (χ0n) is 11.6. The lowest BCUT2D eigenvalue weighted by atomic mass is 9.77. The van der Waals surface area contributed by atoms with Crippen molar-refractivity contribution in [2.24, 2.45) is 5.73 Å². The Balaban J connectivity index is 1.71. The maximum atomic E-state index is 12.8. The lowest BCUT2D eigenvalue weighted by molar-refractivity contribution is -0.139. The van der Waals surface area contributed by atoms with Crippen molar-refractivity contribution < 1.29 is 22.4 Å². The summed E-state index contributed by atoms with van der Waals surface area (Å²) in [5.41, 5.74) is 4.63. The highest BCUT2D eigenvalue weighted by molar-refractivity contribution is 5.35. The molecule has 0 spiro atoms. The third kappa shape index (κ3) is 2.78. The Morgan fingerprint density at radius 3 is 2.64 bits per heavy atom. The Morgan fingerprint density at radius 2 is 2.00 bits per heavy atom. The summed E-state index contributed by atoms with van der Waals surface area (Å²) in [6, 6.07) is 4.97. The van der Waals surface area contributed by atoms with Gasteiger partial charge in [0.25, 0.3) is 5.89 Å². The Bertz CT molecular complexity index is 665. The highest BCUT2D eigenvalue weighted by Crippen LogP contribution is 2.38. The van der Waals surface area contributed by atoms with Gasteiger partial charge in [-0.25, -0.2) is 0 Å². The molecule has 0 radical (unpaired) electrons. The quantitative estimate of drug-likeness (QED) is 0.939. The fourth-order valence-electron chi connectivity index (χ4n) is 2.26. The molecule has 0 atom stereocenters. The van der Waals surface area contributed by atoms with E-state index in [4.69, 9.17) is 15.0 Å². The van der Waals surface area contributed by atoms with Gasteiger partial charge in [-0.05, 0) is 31.4 Å². The Morgan fingerprint density at radius 1 is 1.27 bits per heavy atom. The minimum atomic E-state index is -4.48. The van der Waals surface area contributed by atoms with Crippen LogP contribution in [0.3, 0.4) is 0 Å². The molecular formula is C14H14F3N3O2. The van der Waals surface area contributed by atoms with E-state index in [0.29, 0.717) is 5.82 Å². The predicted octanol–water partition coefficient (Wildman–Crippen LogP) is 3.01. The summed E-state index contributed by atoms with van der Waals surface area (Å²) in [7, 11) is 0. The summed E-state index contributed by atoms with van der Waals surface area (Å²) in [6.45, 7) is -0.240. The maximum Gasteiger partial charge on any atom is 0.419 e. The number of para-hydroxylation sites is 1. The van der Waals surface area contributed by atoms with Crippen LogP contribution in [0, 0.1) is 0 Å². The van der Waals surface area contributed by atoms with Crippen LogP contribution in [0.25, 0.3) is 0 Å². The normalized spacial score (nSPS) is 17.1. The van der Waals surface area contributed by atoms with Crippen LogP contribution in [0.5, 0.6) is 5.75 Å². The second-order valence-electron chi connectivity index (χ2n) is 5.30. The minimum absolute atomic E-state index is 0.101. The second kappa shape index (κ2) is 5.28. The Hall–Kier alpha value is -2.09. The topological polar surface area (TPSA) is 74.2 Å². The highest BCUT2D eigenvalue weighted by atomic mass is 19.4. The first-order valence-electron chi connectivity index (χ1n) is 6.79. The van der Waals surface area contributed by atoms with Crippen molar-refractivity contribution in [3.05, 3.63) is 41.5 Å². The van der Waals surface area contributed by atoms with Crippen molar-refractivity contribution in [3.63, 3.8) is 0 Å². The summed E-state index contributed by atoms with van der Waals surface area (Å²) in [4.78, 5) is 4.10. The number of alkyl halides is 3. The molecule has 1 fully saturated rings. The first-order chi connectivity index (χ1) is 10.4. The number of hydrogen-bond donors (Lipinski definition) is 1. The summed E-state index contributed by atoms with van der Waals surface area (Å²) in [5, 5.41) is 3.78. The first-order valence-corrected chi connectivity index (χ1v) is 6.79. The molecule has 2 aromatic rings. The summed E-state index contributed by atoms with van der Waals surface area (Å²) in [5.74, 6) is 0.200. The molecule has 1 aromatic carbocycles. The first kappa shape index (κ1) is 14.8. The standard InChI is InChI=1S/C14H14F3N3O2/c15-14(16,17)9-4-1-2-5-10(9)21-8-11-19-12(20-22-11)13(18)6-3-7-13/h1-2,4-5H,3,6-8,18H2. The molecule has 2 N–H and O–H groups in total. The average molecular weight is 313 g/mol. The fraction of sp³-hybridized carbons (Fsp3) is 0.429. The van der Waals surface area contributed by atoms with E-state index in [2.05, 4.69) is 10.1 Å². The highest BCUT2D eigenvalue weighted by Gasteiger charge is 2.39. The molecule has 3 rings (SSSR count). The molecule has 1 aromatic heterocycles. The summed E-state index contributed by atoms with van der Waals surface area (Å²) in [6.07, 6.45) is -1.95. The average Bonchev–Trinajstić information content (AvgIpc) is 2.91. The molecule has 0 aliphatic heterocycles. The summed E-state index contributed by atoms with van der Waals surface area (Å²) >= 11 is 0. The largest absolute Gasteiger partial charge is 0.483 e. The van der Waals surface area contributed by atoms with Crippen molar-refractivity contribution in [1.29, 1.82) is 0 Å². The lowest BCUT2D eigenvalue weighted by Gasteiger charge is -2.34. The number of aromatic nitrogens is 2. The van der Waals surface area contributed by atoms with E-state index in [-0.39, 0.29) is 18.2 Å². The molecule has 5 nitrogen and oxygen atoms in total. The van der Waals surface area contributed by atoms with Gasteiger partial charge in [0.05, 0.1) is 11.1 Å². The van der Waals surface area contributed by atoms with Gasteiger partial charge in [-0.1, -0.05) is 17.3 Å². The van der Waals surface area contributed by atoms with Crippen LogP contribution < -0.4 is 10.5 Å². The van der Waals surface area contributed by atoms with Gasteiger partial charge in [-0.3, -0.25) is 0 Å². The van der Waals surface area contributed by atoms with E-state index < -0.39 is 17.3 Å². The van der Waals surface area contributed by atoms with Crippen molar-refractivity contribution in [3.8, 4) is 5.75 Å². The molecule has 0 amide bonds. The Kier molecular flexibility index (Phi) is 3.56. The number of nitrogens with two attached hydrogens (primary N) is 1. The zero-order valence-corrected chi connectivity index (χ0v) is 11.6. The van der Waals surface area contributed by atoms with Gasteiger partial charge in [-0.15, -0.1) is 0 Å². The van der Waals surface area contributed by atoms with E-state index in [1.165, 1.54) is 18.2 Å². The van der Waals surface area contributed by atoms with Crippen LogP contribution in [0.4, 0.5) is 13.2 Å². The number of rotatable bonds is 4. The molecule has 1 aliphatic rings. The molecular weight excluding hydrogens is 299 g/mol. The molecule has 22 heavy (non-hydrogen) atoms. The molecule has 0 saturated heterocycles. The van der Waals surface area contributed by atoms with Gasteiger partial charge in [-0.2, -0.15) is 18.2 Å². The maximum absolute atomic E-state index is 12.8. The smallest absolute Gasteiger partial charge is 0.419 e. The zero-order chi connectivity index (χ0) is 15.8. The molecule has 1 aliphatic carbocycles. The van der Waals surface area contributed by atoms with E-state index in [0.717, 1.165) is 25.3 Å². The van der Waals surface area contributed by atoms with E-state index in [1.54, 1.807) is 0 Å². The fourth-order valence-corrected chi connectivity index (χ4v) is 2.26. The third-order valence-corrected chi connectivity index (χ3v) is 3.70. The van der Waals surface area contributed by atoms with Crippen LogP contribution in [0.15, 0.2) is 28.8 Å². The van der Waals surface area contributed by atoms with Crippen LogP contribution in [-0.4, -0.2) is 10.1 Å². The van der Waals surface area contributed by atoms with Gasteiger partial charge < -0.3 is 15.0 Å². The van der Waals surface area contributed by atoms with Gasteiger partial charge in [0, 0.05) is 0 Å². The second-order valence-corrected chi connectivity index (χ2v) is 5.30. The molecule has 8 heteroatoms. The molecule has 1 saturated carbocycles. The number of hydrogen-bond acceptors (Lipinski definition) is 5. The van der Waals surface area contributed by atoms with E-state index >= 15 is 0 Å². The van der Waals surface area contributed by atoms with Crippen LogP contribution in [0.2, 0.25) is 0 Å². The number of ether oxygens (including phenoxy) is 1. The van der Waals surface area contributed by atoms with Crippen molar-refractivity contribution >= 4 is 0 Å². The molecule has 1 heterocycles. The monoisotopic (exact) mass is 313 g/mol. The van der Waals surface area contributed by atoms with Gasteiger partial charge in [0.1, 0.15) is 5.75 Å². The predicted molar refractivity (Wildman–Crippen MR) is 69.8 cm³/mol. The van der Waals surface area contributed by atoms with Crippen molar-refractivity contribution in [2.75, 3.05) is 0 Å². The van der Waals surface area contributed by atoms with Crippen molar-refractivity contribution in [2.45, 2.75) is 37.6 Å². The van der Waals surface area contributed by atoms with Crippen LogP contribution in [0.1, 0.15) is 36.5 Å². The minimum Gasteiger partial charge on any atom is -0.483 e. The van der Waals surface area contributed by atoms with E-state index in [1.807, 2.05) is 0 Å². The van der Waals surface area contributed by atoms with Crippen molar-refractivity contribution in [1.82, 2.24) is 10.1 Å². The molecule has 0 bridgehead atoms. The SMILES string of the molecule is NC1(c2noc(COc3ccccc3C(F)(F)F)n2)CCC1. The van der Waals surface area contributed by atoms with Crippen LogP contribution >= 0.6 is 0 Å². The van der Waals surface area contributed by atoms with Gasteiger partial charge >= 0.3 is 6.18 Å². The number of halogens is 3. The lowest BCUT2D eigenvalue weighted by Crippen LogP contribution is -2.44. The Labute approximate surface area is 124 Å². The molecule has 118 valence electrons. The van der Waals surface area contributed by atoms with E-state index in [9.17, 15) is 13.2 Å². The number of benzene rings is 1. The molecule has 0 unspecified atom stereocenters. The van der Waals surface area contributed by atoms with Gasteiger partial charge in [0.15, 0.2) is 12.4 Å². The third-order valence-electron chi connectivity index (χ3n) is 3.70. The summed E-state index contributed by atoms with van der Waals surface area (Å²) < 4.78 is 48.7. The number of nitrogens with zero attached hydrogens (tertiary/aromatic N) is 2.